The maximum absolute atomic E-state index is 13.2. The molecular weight excluding hydrogens is 199 g/mol. The van der Waals surface area contributed by atoms with Crippen LogP contribution in [0.4, 0.5) is 10.1 Å². The largest absolute Gasteiger partial charge is 0.327 e. The van der Waals surface area contributed by atoms with Crippen LogP contribution < -0.4 is 5.73 Å². The molecule has 0 heterocycles. The molecule has 0 aliphatic heterocycles. The Hall–Kier alpha value is -1.75. The van der Waals surface area contributed by atoms with Crippen LogP contribution in [0.2, 0.25) is 0 Å². The van der Waals surface area contributed by atoms with Gasteiger partial charge in [-0.3, -0.25) is 10.1 Å². The minimum atomic E-state index is -0.561. The van der Waals surface area contributed by atoms with Crippen LogP contribution in [-0.4, -0.2) is 11.5 Å². The van der Waals surface area contributed by atoms with Gasteiger partial charge in [0.2, 0.25) is 0 Å². The van der Waals surface area contributed by atoms with E-state index in [4.69, 9.17) is 5.73 Å². The molecule has 0 unspecified atom stereocenters. The van der Waals surface area contributed by atoms with Gasteiger partial charge in [0.1, 0.15) is 5.82 Å². The lowest BCUT2D eigenvalue weighted by Crippen LogP contribution is -2.00. The first kappa shape index (κ1) is 11.3. The van der Waals surface area contributed by atoms with E-state index in [1.165, 1.54) is 12.1 Å². The molecule has 80 valence electrons. The third-order valence-electron chi connectivity index (χ3n) is 1.91. The summed E-state index contributed by atoms with van der Waals surface area (Å²) in [5, 5.41) is 10.5. The van der Waals surface area contributed by atoms with Gasteiger partial charge in [-0.15, -0.1) is 0 Å². The number of non-ortho nitro benzene ring substituents is 1. The van der Waals surface area contributed by atoms with Crippen molar-refractivity contribution in [2.75, 3.05) is 6.54 Å². The van der Waals surface area contributed by atoms with Crippen molar-refractivity contribution in [1.29, 1.82) is 0 Å². The van der Waals surface area contributed by atoms with Crippen molar-refractivity contribution >= 4 is 11.8 Å². The number of nitrogens with two attached hydrogens (primary N) is 1. The third kappa shape index (κ3) is 2.85. The van der Waals surface area contributed by atoms with Gasteiger partial charge >= 0.3 is 0 Å². The van der Waals surface area contributed by atoms with Crippen molar-refractivity contribution < 1.29 is 9.31 Å². The van der Waals surface area contributed by atoms with Crippen LogP contribution in [0.25, 0.3) is 6.08 Å². The molecule has 2 N–H and O–H groups in total. The predicted molar refractivity (Wildman–Crippen MR) is 55.8 cm³/mol. The minimum Gasteiger partial charge on any atom is -0.327 e. The number of nitro groups is 1. The van der Waals surface area contributed by atoms with Gasteiger partial charge in [0.25, 0.3) is 5.69 Å². The number of nitro benzene ring substituents is 1. The van der Waals surface area contributed by atoms with Gasteiger partial charge in [0.05, 0.1) is 4.92 Å². The SMILES string of the molecule is C/C(=C/c1cc([N+](=O)[O-])ccc1F)CN. The molecule has 0 atom stereocenters. The maximum Gasteiger partial charge on any atom is 0.270 e. The van der Waals surface area contributed by atoms with Crippen LogP contribution in [-0.2, 0) is 0 Å². The molecule has 1 aromatic carbocycles. The van der Waals surface area contributed by atoms with Gasteiger partial charge in [-0.05, 0) is 13.0 Å². The first-order chi connectivity index (χ1) is 7.04. The molecule has 15 heavy (non-hydrogen) atoms. The number of halogens is 1. The summed E-state index contributed by atoms with van der Waals surface area (Å²) in [6.07, 6.45) is 1.50. The summed E-state index contributed by atoms with van der Waals surface area (Å²) < 4.78 is 13.2. The van der Waals surface area contributed by atoms with E-state index in [0.717, 1.165) is 17.7 Å². The number of hydrogen-bond acceptors (Lipinski definition) is 3. The second-order valence-electron chi connectivity index (χ2n) is 3.16. The van der Waals surface area contributed by atoms with Gasteiger partial charge in [0.15, 0.2) is 0 Å². The molecular formula is C10H11FN2O2. The quantitative estimate of drug-likeness (QED) is 0.613. The molecule has 0 radical (unpaired) electrons. The van der Waals surface area contributed by atoms with Crippen molar-refractivity contribution in [3.05, 3.63) is 45.3 Å². The molecule has 0 spiro atoms. The van der Waals surface area contributed by atoms with Crippen LogP contribution in [0, 0.1) is 15.9 Å². The molecule has 0 saturated heterocycles. The second kappa shape index (κ2) is 4.65. The highest BCUT2D eigenvalue weighted by Crippen LogP contribution is 2.18. The highest BCUT2D eigenvalue weighted by molar-refractivity contribution is 5.56. The monoisotopic (exact) mass is 210 g/mol. The van der Waals surface area contributed by atoms with Crippen LogP contribution in [0.1, 0.15) is 12.5 Å². The van der Waals surface area contributed by atoms with E-state index < -0.39 is 10.7 Å². The van der Waals surface area contributed by atoms with E-state index in [1.54, 1.807) is 6.92 Å². The first-order valence-corrected chi connectivity index (χ1v) is 4.35. The molecule has 0 saturated carbocycles. The fourth-order valence-electron chi connectivity index (χ4n) is 1.08. The highest BCUT2D eigenvalue weighted by atomic mass is 19.1. The van der Waals surface area contributed by atoms with E-state index >= 15 is 0 Å². The Balaban J connectivity index is 3.17. The number of nitrogens with zero attached hydrogens (tertiary/aromatic N) is 1. The van der Waals surface area contributed by atoms with E-state index in [-0.39, 0.29) is 11.3 Å². The Kier molecular flexibility index (Phi) is 3.51. The zero-order valence-corrected chi connectivity index (χ0v) is 8.24. The standard InChI is InChI=1S/C10H11FN2O2/c1-7(6-12)4-8-5-9(13(14)15)2-3-10(8)11/h2-5H,6,12H2,1H3/b7-4-. The molecule has 5 heteroatoms. The van der Waals surface area contributed by atoms with Crippen LogP contribution in [0.5, 0.6) is 0 Å². The van der Waals surface area contributed by atoms with Crippen molar-refractivity contribution in [2.24, 2.45) is 5.73 Å². The summed E-state index contributed by atoms with van der Waals surface area (Å²) in [6, 6.07) is 3.40. The summed E-state index contributed by atoms with van der Waals surface area (Å²) in [5.74, 6) is -0.492. The third-order valence-corrected chi connectivity index (χ3v) is 1.91. The summed E-state index contributed by atoms with van der Waals surface area (Å²) in [5.41, 5.74) is 6.16. The Labute approximate surface area is 86.4 Å². The molecule has 0 aliphatic rings. The Bertz CT molecular complexity index is 416. The molecule has 1 aromatic rings. The van der Waals surface area contributed by atoms with Gasteiger partial charge in [-0.1, -0.05) is 11.6 Å². The molecule has 1 rings (SSSR count). The van der Waals surface area contributed by atoms with Crippen molar-refractivity contribution in [1.82, 2.24) is 0 Å². The Morgan fingerprint density at radius 1 is 1.67 bits per heavy atom. The summed E-state index contributed by atoms with van der Waals surface area (Å²) in [7, 11) is 0. The fraction of sp³-hybridized carbons (Fsp3) is 0.200. The molecule has 0 aliphatic carbocycles. The number of rotatable bonds is 3. The lowest BCUT2D eigenvalue weighted by molar-refractivity contribution is -0.384. The minimum absolute atomic E-state index is 0.132. The average Bonchev–Trinajstić information content (AvgIpc) is 2.20. The summed E-state index contributed by atoms with van der Waals surface area (Å²) in [4.78, 5) is 9.90. The average molecular weight is 210 g/mol. The zero-order chi connectivity index (χ0) is 11.4. The maximum atomic E-state index is 13.2. The molecule has 0 fully saturated rings. The topological polar surface area (TPSA) is 69.2 Å². The van der Waals surface area contributed by atoms with Gasteiger partial charge in [-0.2, -0.15) is 0 Å². The lowest BCUT2D eigenvalue weighted by Gasteiger charge is -1.99. The molecule has 0 bridgehead atoms. The summed E-state index contributed by atoms with van der Waals surface area (Å²) in [6.45, 7) is 2.03. The first-order valence-electron chi connectivity index (χ1n) is 4.35. The van der Waals surface area contributed by atoms with E-state index in [0.29, 0.717) is 6.54 Å². The fourth-order valence-corrected chi connectivity index (χ4v) is 1.08. The number of hydrogen-bond donors (Lipinski definition) is 1. The van der Waals surface area contributed by atoms with Crippen molar-refractivity contribution in [3.63, 3.8) is 0 Å². The van der Waals surface area contributed by atoms with Crippen molar-refractivity contribution in [3.8, 4) is 0 Å². The molecule has 0 aromatic heterocycles. The smallest absolute Gasteiger partial charge is 0.270 e. The molecule has 4 nitrogen and oxygen atoms in total. The van der Waals surface area contributed by atoms with Gasteiger partial charge in [0, 0.05) is 24.2 Å². The van der Waals surface area contributed by atoms with Gasteiger partial charge in [-0.25, -0.2) is 4.39 Å². The van der Waals surface area contributed by atoms with E-state index in [9.17, 15) is 14.5 Å². The molecule has 0 amide bonds. The normalized spacial score (nSPS) is 11.5. The highest BCUT2D eigenvalue weighted by Gasteiger charge is 2.08. The van der Waals surface area contributed by atoms with E-state index in [2.05, 4.69) is 0 Å². The van der Waals surface area contributed by atoms with Crippen molar-refractivity contribution in [2.45, 2.75) is 6.92 Å². The predicted octanol–water partition coefficient (Wildman–Crippen LogP) is 2.10. The lowest BCUT2D eigenvalue weighted by atomic mass is 10.1. The second-order valence-corrected chi connectivity index (χ2v) is 3.16. The Morgan fingerprint density at radius 3 is 2.87 bits per heavy atom. The summed E-state index contributed by atoms with van der Waals surface area (Å²) >= 11 is 0. The van der Waals surface area contributed by atoms with Crippen LogP contribution in [0.15, 0.2) is 23.8 Å². The Morgan fingerprint density at radius 2 is 2.33 bits per heavy atom. The van der Waals surface area contributed by atoms with Crippen LogP contribution in [0.3, 0.4) is 0 Å². The number of benzene rings is 1. The zero-order valence-electron chi connectivity index (χ0n) is 8.24. The van der Waals surface area contributed by atoms with Gasteiger partial charge < -0.3 is 5.73 Å². The van der Waals surface area contributed by atoms with E-state index in [1.807, 2.05) is 0 Å². The van der Waals surface area contributed by atoms with Crippen LogP contribution >= 0.6 is 0 Å².